The van der Waals surface area contributed by atoms with E-state index >= 15 is 0 Å². The van der Waals surface area contributed by atoms with Crippen molar-refractivity contribution in [3.05, 3.63) is 46.6 Å². The SMILES string of the molecule is N#Cc1cccc2[nH]c(-c3cc(=S)cn[nH]3)cc12. The molecule has 0 radical (unpaired) electrons. The number of rotatable bonds is 1. The van der Waals surface area contributed by atoms with Crippen LogP contribution in [0.4, 0.5) is 0 Å². The van der Waals surface area contributed by atoms with E-state index < -0.39 is 0 Å². The Morgan fingerprint density at radius 1 is 1.22 bits per heavy atom. The third-order valence-electron chi connectivity index (χ3n) is 2.74. The third kappa shape index (κ3) is 1.69. The summed E-state index contributed by atoms with van der Waals surface area (Å²) >= 11 is 5.08. The molecule has 2 N–H and O–H groups in total. The number of nitriles is 1. The molecule has 5 heteroatoms. The molecule has 0 aliphatic heterocycles. The Labute approximate surface area is 108 Å². The molecule has 0 unspecified atom stereocenters. The highest BCUT2D eigenvalue weighted by atomic mass is 32.1. The molecule has 2 aromatic heterocycles. The summed E-state index contributed by atoms with van der Waals surface area (Å²) in [5, 5.41) is 16.8. The molecule has 0 aliphatic rings. The monoisotopic (exact) mass is 252 g/mol. The number of aromatic amines is 2. The first-order valence-corrected chi connectivity index (χ1v) is 5.76. The number of fused-ring (bicyclic) bond motifs is 1. The van der Waals surface area contributed by atoms with E-state index in [4.69, 9.17) is 17.5 Å². The van der Waals surface area contributed by atoms with E-state index in [1.54, 1.807) is 12.3 Å². The zero-order chi connectivity index (χ0) is 12.5. The average Bonchev–Trinajstić information content (AvgIpc) is 2.82. The number of aromatic nitrogens is 3. The number of nitrogens with one attached hydrogen (secondary N) is 2. The molecule has 1 aromatic carbocycles. The lowest BCUT2D eigenvalue weighted by atomic mass is 10.1. The topological polar surface area (TPSA) is 68.3 Å². The summed E-state index contributed by atoms with van der Waals surface area (Å²) in [6.45, 7) is 0. The van der Waals surface area contributed by atoms with Crippen LogP contribution in [-0.2, 0) is 0 Å². The Hall–Kier alpha value is -2.45. The first-order valence-electron chi connectivity index (χ1n) is 5.35. The van der Waals surface area contributed by atoms with Crippen molar-refractivity contribution in [2.24, 2.45) is 0 Å². The first kappa shape index (κ1) is 10.7. The van der Waals surface area contributed by atoms with Crippen molar-refractivity contribution in [1.82, 2.24) is 15.2 Å². The molecule has 0 aliphatic carbocycles. The van der Waals surface area contributed by atoms with E-state index in [0.29, 0.717) is 10.1 Å². The van der Waals surface area contributed by atoms with Crippen LogP contribution in [0.1, 0.15) is 5.56 Å². The van der Waals surface area contributed by atoms with Crippen molar-refractivity contribution in [3.63, 3.8) is 0 Å². The molecule has 0 amide bonds. The maximum absolute atomic E-state index is 9.06. The van der Waals surface area contributed by atoms with Crippen LogP contribution in [0.5, 0.6) is 0 Å². The minimum Gasteiger partial charge on any atom is -0.353 e. The van der Waals surface area contributed by atoms with Gasteiger partial charge in [-0.3, -0.25) is 5.10 Å². The van der Waals surface area contributed by atoms with Crippen LogP contribution in [0.25, 0.3) is 22.3 Å². The minimum atomic E-state index is 0.650. The van der Waals surface area contributed by atoms with Gasteiger partial charge in [0.25, 0.3) is 0 Å². The molecule has 2 heterocycles. The van der Waals surface area contributed by atoms with Gasteiger partial charge in [-0.1, -0.05) is 18.3 Å². The summed E-state index contributed by atoms with van der Waals surface area (Å²) in [5.74, 6) is 0. The molecule has 3 rings (SSSR count). The van der Waals surface area contributed by atoms with Crippen LogP contribution in [0, 0.1) is 15.8 Å². The van der Waals surface area contributed by atoms with Gasteiger partial charge in [-0.15, -0.1) is 0 Å². The zero-order valence-corrected chi connectivity index (χ0v) is 10.1. The van der Waals surface area contributed by atoms with Crippen molar-refractivity contribution in [2.45, 2.75) is 0 Å². The lowest BCUT2D eigenvalue weighted by Gasteiger charge is -1.95. The van der Waals surface area contributed by atoms with Gasteiger partial charge in [-0.2, -0.15) is 10.4 Å². The summed E-state index contributed by atoms with van der Waals surface area (Å²) < 4.78 is 0.669. The Morgan fingerprint density at radius 2 is 2.11 bits per heavy atom. The Morgan fingerprint density at radius 3 is 2.89 bits per heavy atom. The second kappa shape index (κ2) is 4.09. The number of benzene rings is 1. The molecule has 3 aromatic rings. The van der Waals surface area contributed by atoms with Crippen molar-refractivity contribution < 1.29 is 0 Å². The smallest absolute Gasteiger partial charge is 0.0998 e. The molecule has 0 spiro atoms. The lowest BCUT2D eigenvalue weighted by Crippen LogP contribution is -1.85. The molecular formula is C13H8N4S. The van der Waals surface area contributed by atoms with E-state index in [-0.39, 0.29) is 0 Å². The van der Waals surface area contributed by atoms with Crippen molar-refractivity contribution >= 4 is 23.1 Å². The molecule has 0 saturated carbocycles. The molecule has 0 atom stereocenters. The predicted octanol–water partition coefficient (Wildman–Crippen LogP) is 3.16. The highest BCUT2D eigenvalue weighted by Crippen LogP contribution is 2.24. The number of hydrogen-bond acceptors (Lipinski definition) is 3. The van der Waals surface area contributed by atoms with E-state index in [9.17, 15) is 0 Å². The predicted molar refractivity (Wildman–Crippen MR) is 71.4 cm³/mol. The summed E-state index contributed by atoms with van der Waals surface area (Å²) in [5.41, 5.74) is 3.25. The van der Waals surface area contributed by atoms with Gasteiger partial charge in [0.15, 0.2) is 0 Å². The van der Waals surface area contributed by atoms with Crippen LogP contribution < -0.4 is 0 Å². The maximum atomic E-state index is 9.06. The van der Waals surface area contributed by atoms with Crippen LogP contribution in [-0.4, -0.2) is 15.2 Å². The average molecular weight is 252 g/mol. The van der Waals surface area contributed by atoms with Gasteiger partial charge in [0, 0.05) is 10.9 Å². The Balaban J connectivity index is 2.26. The minimum absolute atomic E-state index is 0.650. The van der Waals surface area contributed by atoms with Crippen LogP contribution in [0.15, 0.2) is 36.5 Å². The van der Waals surface area contributed by atoms with Crippen molar-refractivity contribution in [3.8, 4) is 17.5 Å². The quantitative estimate of drug-likeness (QED) is 0.654. The second-order valence-electron chi connectivity index (χ2n) is 3.89. The highest BCUT2D eigenvalue weighted by molar-refractivity contribution is 7.71. The zero-order valence-electron chi connectivity index (χ0n) is 9.27. The molecule has 0 saturated heterocycles. The Kier molecular flexibility index (Phi) is 2.43. The molecule has 0 bridgehead atoms. The van der Waals surface area contributed by atoms with Gasteiger partial charge >= 0.3 is 0 Å². The fourth-order valence-corrected chi connectivity index (χ4v) is 2.08. The van der Waals surface area contributed by atoms with Gasteiger partial charge in [-0.25, -0.2) is 0 Å². The summed E-state index contributed by atoms with van der Waals surface area (Å²) in [4.78, 5) is 3.25. The van der Waals surface area contributed by atoms with E-state index in [1.165, 1.54) is 0 Å². The fraction of sp³-hybridized carbons (Fsp3) is 0. The number of H-pyrrole nitrogens is 2. The van der Waals surface area contributed by atoms with Crippen LogP contribution in [0.3, 0.4) is 0 Å². The van der Waals surface area contributed by atoms with E-state index in [1.807, 2.05) is 24.3 Å². The summed E-state index contributed by atoms with van der Waals surface area (Å²) in [7, 11) is 0. The normalized spacial score (nSPS) is 10.4. The molecule has 86 valence electrons. The van der Waals surface area contributed by atoms with Crippen LogP contribution in [0.2, 0.25) is 0 Å². The van der Waals surface area contributed by atoms with Gasteiger partial charge in [0.05, 0.1) is 33.7 Å². The van der Waals surface area contributed by atoms with Crippen molar-refractivity contribution in [2.75, 3.05) is 0 Å². The number of nitrogens with zero attached hydrogens (tertiary/aromatic N) is 2. The maximum Gasteiger partial charge on any atom is 0.0998 e. The van der Waals surface area contributed by atoms with Gasteiger partial charge < -0.3 is 4.98 Å². The van der Waals surface area contributed by atoms with Gasteiger partial charge in [-0.05, 0) is 24.3 Å². The van der Waals surface area contributed by atoms with Gasteiger partial charge in [0.1, 0.15) is 0 Å². The fourth-order valence-electron chi connectivity index (χ4n) is 1.91. The first-order chi connectivity index (χ1) is 8.78. The Bertz CT molecular complexity index is 823. The molecular weight excluding hydrogens is 244 g/mol. The van der Waals surface area contributed by atoms with Crippen molar-refractivity contribution in [1.29, 1.82) is 5.26 Å². The largest absolute Gasteiger partial charge is 0.353 e. The highest BCUT2D eigenvalue weighted by Gasteiger charge is 2.07. The molecule has 18 heavy (non-hydrogen) atoms. The van der Waals surface area contributed by atoms with E-state index in [2.05, 4.69) is 21.3 Å². The molecule has 0 fully saturated rings. The summed E-state index contributed by atoms with van der Waals surface area (Å²) in [6.07, 6.45) is 1.59. The standard InChI is InChI=1S/C13H8N4S/c14-6-8-2-1-3-11-10(8)5-12(16-11)13-4-9(18)7-15-17-13/h1-5,7,16H,(H,17,18). The molecule has 4 nitrogen and oxygen atoms in total. The summed E-state index contributed by atoms with van der Waals surface area (Å²) in [6, 6.07) is 11.5. The second-order valence-corrected chi connectivity index (χ2v) is 4.36. The van der Waals surface area contributed by atoms with E-state index in [0.717, 1.165) is 22.3 Å². The number of hydrogen-bond donors (Lipinski definition) is 2. The third-order valence-corrected chi connectivity index (χ3v) is 2.96. The van der Waals surface area contributed by atoms with Crippen LogP contribution >= 0.6 is 12.2 Å². The van der Waals surface area contributed by atoms with Gasteiger partial charge in [0.2, 0.25) is 0 Å². The lowest BCUT2D eigenvalue weighted by molar-refractivity contribution is 1.03.